The molecule has 1 N–H and O–H groups in total. The van der Waals surface area contributed by atoms with Gasteiger partial charge in [0.1, 0.15) is 0 Å². The number of ether oxygens (including phenoxy) is 1. The second-order valence-electron chi connectivity index (χ2n) is 5.02. The maximum atomic E-state index is 12.3. The number of thioether (sulfide) groups is 1. The highest BCUT2D eigenvalue weighted by Crippen LogP contribution is 2.34. The number of rotatable bonds is 6. The molecule has 1 amide bonds. The summed E-state index contributed by atoms with van der Waals surface area (Å²) in [4.78, 5) is 27.7. The Hall–Kier alpha value is -1.08. The molecule has 2 atom stereocenters. The lowest BCUT2D eigenvalue weighted by atomic mass is 10.1. The average molecular weight is 328 g/mol. The van der Waals surface area contributed by atoms with Crippen LogP contribution in [-0.2, 0) is 20.7 Å². The molecule has 1 aromatic heterocycles. The summed E-state index contributed by atoms with van der Waals surface area (Å²) < 4.78 is 4.60. The van der Waals surface area contributed by atoms with E-state index >= 15 is 0 Å². The fourth-order valence-corrected chi connectivity index (χ4v) is 4.26. The molecule has 0 spiro atoms. The highest BCUT2D eigenvalue weighted by Gasteiger charge is 2.32. The largest absolute Gasteiger partial charge is 0.469 e. The fraction of sp³-hybridized carbons (Fsp3) is 0.643. The van der Waals surface area contributed by atoms with Crippen LogP contribution in [0.15, 0.2) is 5.38 Å². The number of anilines is 1. The Morgan fingerprint density at radius 2 is 2.33 bits per heavy atom. The van der Waals surface area contributed by atoms with Crippen molar-refractivity contribution in [2.24, 2.45) is 5.92 Å². The zero-order valence-corrected chi connectivity index (χ0v) is 13.9. The van der Waals surface area contributed by atoms with E-state index in [0.717, 1.165) is 25.0 Å². The van der Waals surface area contributed by atoms with Gasteiger partial charge in [-0.15, -0.1) is 11.3 Å². The van der Waals surface area contributed by atoms with Crippen molar-refractivity contribution in [3.63, 3.8) is 0 Å². The number of nitrogens with one attached hydrogen (secondary N) is 1. The van der Waals surface area contributed by atoms with Crippen molar-refractivity contribution >= 4 is 40.1 Å². The highest BCUT2D eigenvalue weighted by atomic mass is 32.2. The highest BCUT2D eigenvalue weighted by molar-refractivity contribution is 7.99. The summed E-state index contributed by atoms with van der Waals surface area (Å²) in [6.07, 6.45) is 6.09. The number of methoxy groups -OCH3 is 1. The molecular formula is C14H20N2O3S2. The Bertz CT molecular complexity index is 504. The molecule has 1 fully saturated rings. The van der Waals surface area contributed by atoms with E-state index in [-0.39, 0.29) is 17.8 Å². The van der Waals surface area contributed by atoms with Crippen LogP contribution < -0.4 is 5.32 Å². The van der Waals surface area contributed by atoms with E-state index in [1.54, 1.807) is 11.8 Å². The van der Waals surface area contributed by atoms with Gasteiger partial charge >= 0.3 is 5.97 Å². The van der Waals surface area contributed by atoms with E-state index < -0.39 is 0 Å². The minimum absolute atomic E-state index is 0.0701. The van der Waals surface area contributed by atoms with Gasteiger partial charge < -0.3 is 10.1 Å². The van der Waals surface area contributed by atoms with E-state index in [2.05, 4.69) is 21.3 Å². The van der Waals surface area contributed by atoms with Gasteiger partial charge in [-0.05, 0) is 19.1 Å². The number of hydrogen-bond acceptors (Lipinski definition) is 6. The molecule has 0 aliphatic heterocycles. The van der Waals surface area contributed by atoms with Crippen LogP contribution in [0.1, 0.15) is 31.4 Å². The molecule has 2 unspecified atom stereocenters. The fourth-order valence-electron chi connectivity index (χ4n) is 2.52. The molecule has 5 nitrogen and oxygen atoms in total. The first-order valence-electron chi connectivity index (χ1n) is 6.99. The smallest absolute Gasteiger partial charge is 0.305 e. The lowest BCUT2D eigenvalue weighted by molar-refractivity contribution is -0.140. The molecule has 0 radical (unpaired) electrons. The van der Waals surface area contributed by atoms with Gasteiger partial charge in [0, 0.05) is 17.1 Å². The van der Waals surface area contributed by atoms with Gasteiger partial charge in [0.25, 0.3) is 0 Å². The van der Waals surface area contributed by atoms with Crippen molar-refractivity contribution in [1.82, 2.24) is 4.98 Å². The lowest BCUT2D eigenvalue weighted by Crippen LogP contribution is -2.27. The first-order valence-corrected chi connectivity index (χ1v) is 9.15. The van der Waals surface area contributed by atoms with Gasteiger partial charge in [0.15, 0.2) is 5.13 Å². The van der Waals surface area contributed by atoms with Crippen LogP contribution in [0.2, 0.25) is 0 Å². The molecule has 116 valence electrons. The Balaban J connectivity index is 1.87. The number of aromatic nitrogens is 1. The average Bonchev–Trinajstić information content (AvgIpc) is 3.13. The number of carbonyl (C=O) groups excluding carboxylic acids is 2. The van der Waals surface area contributed by atoms with Gasteiger partial charge in [-0.2, -0.15) is 11.8 Å². The topological polar surface area (TPSA) is 68.3 Å². The van der Waals surface area contributed by atoms with E-state index in [0.29, 0.717) is 23.2 Å². The summed E-state index contributed by atoms with van der Waals surface area (Å²) in [5.41, 5.74) is 0.813. The third-order valence-electron chi connectivity index (χ3n) is 3.69. The predicted molar refractivity (Wildman–Crippen MR) is 85.7 cm³/mol. The van der Waals surface area contributed by atoms with Crippen LogP contribution in [0.25, 0.3) is 0 Å². The SMILES string of the molecule is COC(=O)CCc1csc(NC(=O)C2CCCC2SC)n1. The zero-order valence-electron chi connectivity index (χ0n) is 12.3. The number of amides is 1. The third-order valence-corrected chi connectivity index (χ3v) is 5.66. The van der Waals surface area contributed by atoms with Gasteiger partial charge in [-0.3, -0.25) is 9.59 Å². The monoisotopic (exact) mass is 328 g/mol. The zero-order chi connectivity index (χ0) is 15.2. The number of esters is 1. The van der Waals surface area contributed by atoms with Crippen LogP contribution in [0.5, 0.6) is 0 Å². The van der Waals surface area contributed by atoms with E-state index in [1.807, 2.05) is 5.38 Å². The molecular weight excluding hydrogens is 308 g/mol. The van der Waals surface area contributed by atoms with Crippen molar-refractivity contribution in [2.45, 2.75) is 37.4 Å². The summed E-state index contributed by atoms with van der Waals surface area (Å²) in [5.74, 6) is -0.0921. The standard InChI is InChI=1S/C14H20N2O3S2/c1-19-12(17)7-6-9-8-21-14(15-9)16-13(18)10-4-3-5-11(10)20-2/h8,10-11H,3-7H2,1-2H3,(H,15,16,18). The molecule has 2 rings (SSSR count). The summed E-state index contributed by atoms with van der Waals surface area (Å²) >= 11 is 3.17. The van der Waals surface area contributed by atoms with Crippen molar-refractivity contribution in [3.8, 4) is 0 Å². The lowest BCUT2D eigenvalue weighted by Gasteiger charge is -2.15. The minimum atomic E-state index is -0.248. The summed E-state index contributed by atoms with van der Waals surface area (Å²) in [6.45, 7) is 0. The number of nitrogens with zero attached hydrogens (tertiary/aromatic N) is 1. The molecule has 1 saturated carbocycles. The third kappa shape index (κ3) is 4.44. The van der Waals surface area contributed by atoms with Crippen LogP contribution in [-0.4, -0.2) is 35.5 Å². The maximum absolute atomic E-state index is 12.3. The van der Waals surface area contributed by atoms with E-state index in [4.69, 9.17) is 0 Å². The number of aryl methyl sites for hydroxylation is 1. The first kappa shape index (κ1) is 16.3. The van der Waals surface area contributed by atoms with Crippen molar-refractivity contribution in [2.75, 3.05) is 18.7 Å². The van der Waals surface area contributed by atoms with Crippen molar-refractivity contribution in [1.29, 1.82) is 0 Å². The first-order chi connectivity index (χ1) is 10.1. The second-order valence-corrected chi connectivity index (χ2v) is 6.96. The predicted octanol–water partition coefficient (Wildman–Crippen LogP) is 2.72. The normalized spacial score (nSPS) is 21.2. The van der Waals surface area contributed by atoms with Crippen LogP contribution in [0, 0.1) is 5.92 Å². The Labute approximate surface area is 132 Å². The Morgan fingerprint density at radius 1 is 1.52 bits per heavy atom. The van der Waals surface area contributed by atoms with Crippen LogP contribution >= 0.6 is 23.1 Å². The van der Waals surface area contributed by atoms with Gasteiger partial charge in [-0.25, -0.2) is 4.98 Å². The molecule has 1 heterocycles. The quantitative estimate of drug-likeness (QED) is 0.813. The van der Waals surface area contributed by atoms with Crippen LogP contribution in [0.4, 0.5) is 5.13 Å². The van der Waals surface area contributed by atoms with Crippen molar-refractivity contribution < 1.29 is 14.3 Å². The van der Waals surface area contributed by atoms with Crippen LogP contribution in [0.3, 0.4) is 0 Å². The van der Waals surface area contributed by atoms with Gasteiger partial charge in [0.2, 0.25) is 5.91 Å². The van der Waals surface area contributed by atoms with E-state index in [9.17, 15) is 9.59 Å². The summed E-state index contributed by atoms with van der Waals surface area (Å²) in [6, 6.07) is 0. The Morgan fingerprint density at radius 3 is 3.05 bits per heavy atom. The second kappa shape index (κ2) is 7.79. The molecule has 0 saturated heterocycles. The van der Waals surface area contributed by atoms with Gasteiger partial charge in [-0.1, -0.05) is 6.42 Å². The minimum Gasteiger partial charge on any atom is -0.469 e. The molecule has 1 aromatic rings. The van der Waals surface area contributed by atoms with E-state index in [1.165, 1.54) is 18.4 Å². The molecule has 0 bridgehead atoms. The Kier molecular flexibility index (Phi) is 6.05. The maximum Gasteiger partial charge on any atom is 0.305 e. The van der Waals surface area contributed by atoms with Gasteiger partial charge in [0.05, 0.1) is 25.1 Å². The summed E-state index contributed by atoms with van der Waals surface area (Å²) in [5, 5.41) is 5.82. The number of carbonyl (C=O) groups is 2. The number of hydrogen-bond donors (Lipinski definition) is 1. The molecule has 21 heavy (non-hydrogen) atoms. The molecule has 1 aliphatic rings. The molecule has 0 aromatic carbocycles. The van der Waals surface area contributed by atoms with Crippen molar-refractivity contribution in [3.05, 3.63) is 11.1 Å². The molecule has 7 heteroatoms. The molecule has 1 aliphatic carbocycles. The number of thiazole rings is 1. The summed E-state index contributed by atoms with van der Waals surface area (Å²) in [7, 11) is 1.37.